The fraction of sp³-hybridized carbons (Fsp3) is 0.133. The van der Waals surface area contributed by atoms with Crippen molar-refractivity contribution in [1.82, 2.24) is 20.7 Å². The molecule has 0 aliphatic heterocycles. The molecule has 0 saturated heterocycles. The van der Waals surface area contributed by atoms with Gasteiger partial charge in [0.2, 0.25) is 11.4 Å². The van der Waals surface area contributed by atoms with Crippen LogP contribution < -0.4 is 21.1 Å². The normalized spacial score (nSPS) is 10.6. The lowest BCUT2D eigenvalue weighted by Gasteiger charge is -2.10. The number of pyridine rings is 1. The number of fused-ring (bicyclic) bond motifs is 1. The van der Waals surface area contributed by atoms with E-state index in [1.165, 1.54) is 31.5 Å². The molecule has 9 nitrogen and oxygen atoms in total. The highest BCUT2D eigenvalue weighted by Crippen LogP contribution is 2.23. The minimum absolute atomic E-state index is 0. The summed E-state index contributed by atoms with van der Waals surface area (Å²) in [5.74, 6) is -1.75. The molecule has 0 radical (unpaired) electrons. The summed E-state index contributed by atoms with van der Waals surface area (Å²) in [5, 5.41) is 9.40. The smallest absolute Gasteiger partial charge is 0.387 e. The number of H-pyrrole nitrogens is 1. The van der Waals surface area contributed by atoms with Crippen molar-refractivity contribution in [3.8, 4) is 17.4 Å². The molecule has 0 bridgehead atoms. The van der Waals surface area contributed by atoms with Crippen molar-refractivity contribution >= 4 is 17.0 Å². The minimum atomic E-state index is -2.97. The quantitative estimate of drug-likeness (QED) is 0.630. The van der Waals surface area contributed by atoms with Crippen LogP contribution in [0.1, 0.15) is 10.5 Å². The van der Waals surface area contributed by atoms with Crippen LogP contribution in [-0.4, -0.2) is 39.3 Å². The third-order valence-corrected chi connectivity index (χ3v) is 3.36. The van der Waals surface area contributed by atoms with E-state index < -0.39 is 23.7 Å². The molecule has 26 heavy (non-hydrogen) atoms. The number of carboxylic acids is 1. The Hall–Kier alpha value is -3.47. The van der Waals surface area contributed by atoms with Gasteiger partial charge in [-0.2, -0.15) is 8.78 Å². The van der Waals surface area contributed by atoms with Crippen LogP contribution in [0.4, 0.5) is 8.78 Å². The van der Waals surface area contributed by atoms with Crippen molar-refractivity contribution in [3.05, 3.63) is 46.4 Å². The largest absolute Gasteiger partial charge is 0.491 e. The number of carboxylic acid groups (broad SMARTS) is 1. The number of hydrogen-bond acceptors (Lipinski definition) is 5. The van der Waals surface area contributed by atoms with E-state index in [0.29, 0.717) is 11.0 Å². The Bertz CT molecular complexity index is 1010. The summed E-state index contributed by atoms with van der Waals surface area (Å²) in [6, 6.07) is 5.18. The van der Waals surface area contributed by atoms with E-state index in [1.807, 2.05) is 0 Å². The Morgan fingerprint density at radius 1 is 1.35 bits per heavy atom. The lowest BCUT2D eigenvalue weighted by Crippen LogP contribution is -2.19. The predicted molar refractivity (Wildman–Crippen MR) is 87.8 cm³/mol. The monoisotopic (exact) mass is 369 g/mol. The summed E-state index contributed by atoms with van der Waals surface area (Å²) < 4.78 is 34.9. The second-order valence-corrected chi connectivity index (χ2v) is 4.85. The van der Waals surface area contributed by atoms with Crippen molar-refractivity contribution < 1.29 is 28.2 Å². The minimum Gasteiger partial charge on any atom is -0.491 e. The highest BCUT2D eigenvalue weighted by molar-refractivity contribution is 5.89. The first-order valence-corrected chi connectivity index (χ1v) is 6.88. The van der Waals surface area contributed by atoms with E-state index in [4.69, 9.17) is 4.74 Å². The number of halogens is 2. The second-order valence-electron chi connectivity index (χ2n) is 4.85. The van der Waals surface area contributed by atoms with Crippen LogP contribution >= 0.6 is 0 Å². The average Bonchev–Trinajstić information content (AvgIpc) is 2.96. The topological polar surface area (TPSA) is 143 Å². The number of nitrogens with one attached hydrogen (secondary N) is 1. The van der Waals surface area contributed by atoms with Crippen molar-refractivity contribution in [3.63, 3.8) is 0 Å². The number of imidazole rings is 1. The van der Waals surface area contributed by atoms with Crippen LogP contribution in [0.2, 0.25) is 0 Å². The van der Waals surface area contributed by atoms with Gasteiger partial charge in [-0.1, -0.05) is 0 Å². The molecule has 0 aliphatic rings. The highest BCUT2D eigenvalue weighted by atomic mass is 19.3. The van der Waals surface area contributed by atoms with Crippen LogP contribution in [0.3, 0.4) is 0 Å². The SMILES string of the molecule is COc1c(C(=O)O)n(-c2nc3ccc(OC(F)F)cc3[nH]2)ccc1=O.[NH4+]. The molecule has 3 rings (SSSR count). The van der Waals surface area contributed by atoms with E-state index in [2.05, 4.69) is 14.7 Å². The first-order valence-electron chi connectivity index (χ1n) is 6.88. The predicted octanol–water partition coefficient (Wildman–Crippen LogP) is 2.40. The number of aromatic carboxylic acids is 1. The fourth-order valence-corrected chi connectivity index (χ4v) is 2.36. The van der Waals surface area contributed by atoms with Gasteiger partial charge in [0.05, 0.1) is 18.1 Å². The number of alkyl halides is 2. The second kappa shape index (κ2) is 7.19. The molecule has 0 unspecified atom stereocenters. The molecule has 11 heteroatoms. The Morgan fingerprint density at radius 3 is 2.69 bits per heavy atom. The lowest BCUT2D eigenvalue weighted by atomic mass is 10.3. The fourth-order valence-electron chi connectivity index (χ4n) is 2.36. The third kappa shape index (κ3) is 3.32. The molecule has 2 heterocycles. The van der Waals surface area contributed by atoms with Gasteiger partial charge >= 0.3 is 12.6 Å². The number of rotatable bonds is 5. The summed E-state index contributed by atoms with van der Waals surface area (Å²) in [4.78, 5) is 30.3. The molecule has 0 aliphatic carbocycles. The first-order chi connectivity index (χ1) is 11.9. The maximum Gasteiger partial charge on any atom is 0.387 e. The van der Waals surface area contributed by atoms with E-state index in [-0.39, 0.29) is 23.6 Å². The van der Waals surface area contributed by atoms with Gasteiger partial charge in [-0.05, 0) is 12.1 Å². The zero-order chi connectivity index (χ0) is 18.1. The van der Waals surface area contributed by atoms with Gasteiger partial charge in [-0.25, -0.2) is 9.78 Å². The summed E-state index contributed by atoms with van der Waals surface area (Å²) in [7, 11) is 1.18. The molecule has 0 atom stereocenters. The number of quaternary nitrogens is 1. The Morgan fingerprint density at radius 2 is 2.08 bits per heavy atom. The molecule has 6 N–H and O–H groups in total. The number of methoxy groups -OCH3 is 1. The van der Waals surface area contributed by atoms with Gasteiger partial charge in [-0.15, -0.1) is 0 Å². The van der Waals surface area contributed by atoms with Crippen LogP contribution in [0, 0.1) is 0 Å². The maximum atomic E-state index is 12.3. The van der Waals surface area contributed by atoms with Gasteiger partial charge in [0.25, 0.3) is 0 Å². The molecule has 0 fully saturated rings. The summed E-state index contributed by atoms with van der Waals surface area (Å²) >= 11 is 0. The van der Waals surface area contributed by atoms with E-state index >= 15 is 0 Å². The molecule has 0 spiro atoms. The van der Waals surface area contributed by atoms with Crippen LogP contribution in [-0.2, 0) is 0 Å². The number of hydrogen-bond donors (Lipinski definition) is 3. The Balaban J connectivity index is 0.00000243. The zero-order valence-corrected chi connectivity index (χ0v) is 13.7. The van der Waals surface area contributed by atoms with Gasteiger partial charge in [0.1, 0.15) is 5.75 Å². The number of aromatic nitrogens is 3. The Labute approximate surface area is 144 Å². The van der Waals surface area contributed by atoms with E-state index in [1.54, 1.807) is 0 Å². The lowest BCUT2D eigenvalue weighted by molar-refractivity contribution is -0.0497. The molecular weight excluding hydrogens is 354 g/mol. The van der Waals surface area contributed by atoms with Crippen LogP contribution in [0.5, 0.6) is 11.5 Å². The van der Waals surface area contributed by atoms with Crippen LogP contribution in [0.15, 0.2) is 35.3 Å². The third-order valence-electron chi connectivity index (χ3n) is 3.36. The van der Waals surface area contributed by atoms with E-state index in [9.17, 15) is 23.5 Å². The number of carbonyl (C=O) groups is 1. The zero-order valence-electron chi connectivity index (χ0n) is 13.7. The summed E-state index contributed by atoms with van der Waals surface area (Å²) in [6.45, 7) is -2.97. The molecule has 0 amide bonds. The van der Waals surface area contributed by atoms with E-state index in [0.717, 1.165) is 10.6 Å². The standard InChI is InChI=1S/C15H11F2N3O5.H3N/c1-24-12-10(21)4-5-20(11(12)13(22)23)15-18-8-3-2-7(25-14(16)17)6-9(8)19-15;/h2-6,14H,1H3,(H,18,19)(H,22,23);1H3/p+1. The van der Waals surface area contributed by atoms with Gasteiger partial charge in [0.15, 0.2) is 11.4 Å². The summed E-state index contributed by atoms with van der Waals surface area (Å²) in [6.07, 6.45) is 1.22. The number of benzene rings is 1. The molecule has 2 aromatic heterocycles. The highest BCUT2D eigenvalue weighted by Gasteiger charge is 2.21. The van der Waals surface area contributed by atoms with Crippen molar-refractivity contribution in [2.45, 2.75) is 6.61 Å². The average molecular weight is 369 g/mol. The number of aromatic amines is 1. The molecule has 1 aromatic carbocycles. The van der Waals surface area contributed by atoms with Crippen molar-refractivity contribution in [1.29, 1.82) is 0 Å². The molecule has 3 aromatic rings. The molecular formula is C15H15F2N4O5+. The van der Waals surface area contributed by atoms with Crippen molar-refractivity contribution in [2.75, 3.05) is 7.11 Å². The summed E-state index contributed by atoms with van der Waals surface area (Å²) in [5.41, 5.74) is -0.272. The van der Waals surface area contributed by atoms with Gasteiger partial charge in [-0.3, -0.25) is 9.36 Å². The number of nitrogens with zero attached hydrogens (tertiary/aromatic N) is 2. The molecule has 138 valence electrons. The van der Waals surface area contributed by atoms with Gasteiger partial charge < -0.3 is 25.7 Å². The number of ether oxygens (including phenoxy) is 2. The maximum absolute atomic E-state index is 12.3. The van der Waals surface area contributed by atoms with Crippen LogP contribution in [0.25, 0.3) is 17.0 Å². The van der Waals surface area contributed by atoms with Crippen molar-refractivity contribution in [2.24, 2.45) is 0 Å². The Kier molecular flexibility index (Phi) is 5.22. The van der Waals surface area contributed by atoms with Gasteiger partial charge in [0, 0.05) is 18.3 Å². The first kappa shape index (κ1) is 18.9. The molecule has 0 saturated carbocycles.